The topological polar surface area (TPSA) is 59.6 Å². The molecular formula is C22H30N2O3. The summed E-state index contributed by atoms with van der Waals surface area (Å²) < 4.78 is 11.3. The van der Waals surface area contributed by atoms with Crippen molar-refractivity contribution in [3.63, 3.8) is 0 Å². The van der Waals surface area contributed by atoms with E-state index >= 15 is 0 Å². The van der Waals surface area contributed by atoms with Gasteiger partial charge in [0.15, 0.2) is 0 Å². The summed E-state index contributed by atoms with van der Waals surface area (Å²) in [5.74, 6) is 2.15. The average Bonchev–Trinajstić information content (AvgIpc) is 2.62. The summed E-state index contributed by atoms with van der Waals surface area (Å²) >= 11 is 0. The zero-order valence-corrected chi connectivity index (χ0v) is 16.6. The van der Waals surface area contributed by atoms with Gasteiger partial charge < -0.3 is 20.1 Å². The van der Waals surface area contributed by atoms with Crippen LogP contribution in [0.25, 0.3) is 0 Å². The van der Waals surface area contributed by atoms with Gasteiger partial charge in [0.05, 0.1) is 19.3 Å². The summed E-state index contributed by atoms with van der Waals surface area (Å²) in [6.07, 6.45) is 1.16. The van der Waals surface area contributed by atoms with Gasteiger partial charge in [0.1, 0.15) is 11.5 Å². The quantitative estimate of drug-likeness (QED) is 0.621. The minimum Gasteiger partial charge on any atom is -0.494 e. The van der Waals surface area contributed by atoms with Crippen molar-refractivity contribution < 1.29 is 14.3 Å². The van der Waals surface area contributed by atoms with Crippen LogP contribution in [-0.2, 0) is 4.79 Å². The van der Waals surface area contributed by atoms with Crippen molar-refractivity contribution in [1.29, 1.82) is 0 Å². The lowest BCUT2D eigenvalue weighted by atomic mass is 10.1. The smallest absolute Gasteiger partial charge is 0.243 e. The Balaban J connectivity index is 1.75. The summed E-state index contributed by atoms with van der Waals surface area (Å²) in [7, 11) is 0. The number of ether oxygens (including phenoxy) is 2. The minimum atomic E-state index is -0.106. The molecule has 0 bridgehead atoms. The van der Waals surface area contributed by atoms with E-state index in [4.69, 9.17) is 9.47 Å². The van der Waals surface area contributed by atoms with Crippen molar-refractivity contribution in [2.45, 2.75) is 40.2 Å². The van der Waals surface area contributed by atoms with Crippen LogP contribution in [0.5, 0.6) is 11.5 Å². The molecule has 0 spiro atoms. The predicted octanol–water partition coefficient (Wildman–Crippen LogP) is 4.95. The Morgan fingerprint density at radius 2 is 1.48 bits per heavy atom. The van der Waals surface area contributed by atoms with Gasteiger partial charge in [-0.05, 0) is 74.7 Å². The molecule has 5 nitrogen and oxygen atoms in total. The Bertz CT molecular complexity index is 695. The predicted molar refractivity (Wildman–Crippen MR) is 111 cm³/mol. The number of hydrogen-bond acceptors (Lipinski definition) is 4. The summed E-state index contributed by atoms with van der Waals surface area (Å²) in [6, 6.07) is 15.0. The van der Waals surface area contributed by atoms with E-state index in [0.717, 1.165) is 29.3 Å². The SMILES string of the molecule is CC(C)CCOc1ccc(NC(=O)CNc2ccc(OC(C)C)cc2)cc1. The molecule has 2 aromatic carbocycles. The molecule has 0 aliphatic heterocycles. The first-order valence-electron chi connectivity index (χ1n) is 9.45. The standard InChI is InChI=1S/C22H30N2O3/c1-16(2)13-14-26-20-9-7-19(8-10-20)24-22(25)15-23-18-5-11-21(12-6-18)27-17(3)4/h5-12,16-17,23H,13-15H2,1-4H3,(H,24,25). The fraction of sp³-hybridized carbons (Fsp3) is 0.409. The molecule has 27 heavy (non-hydrogen) atoms. The molecule has 0 saturated carbocycles. The lowest BCUT2D eigenvalue weighted by Gasteiger charge is -2.12. The van der Waals surface area contributed by atoms with Gasteiger partial charge in [-0.1, -0.05) is 13.8 Å². The maximum atomic E-state index is 12.1. The van der Waals surface area contributed by atoms with Crippen molar-refractivity contribution >= 4 is 17.3 Å². The van der Waals surface area contributed by atoms with Crippen LogP contribution < -0.4 is 20.1 Å². The zero-order valence-electron chi connectivity index (χ0n) is 16.6. The van der Waals surface area contributed by atoms with Gasteiger partial charge in [-0.15, -0.1) is 0 Å². The van der Waals surface area contributed by atoms with Crippen molar-refractivity contribution in [3.05, 3.63) is 48.5 Å². The van der Waals surface area contributed by atoms with Crippen molar-refractivity contribution in [3.8, 4) is 11.5 Å². The molecule has 146 valence electrons. The zero-order chi connectivity index (χ0) is 19.6. The molecule has 0 unspecified atom stereocenters. The molecule has 2 N–H and O–H groups in total. The Morgan fingerprint density at radius 1 is 0.889 bits per heavy atom. The molecule has 0 atom stereocenters. The summed E-state index contributed by atoms with van der Waals surface area (Å²) in [5, 5.41) is 5.97. The largest absolute Gasteiger partial charge is 0.494 e. The van der Waals surface area contributed by atoms with Gasteiger partial charge in [0.25, 0.3) is 0 Å². The Hall–Kier alpha value is -2.69. The van der Waals surface area contributed by atoms with E-state index in [0.29, 0.717) is 12.5 Å². The number of hydrogen-bond donors (Lipinski definition) is 2. The molecule has 0 radical (unpaired) electrons. The maximum absolute atomic E-state index is 12.1. The molecule has 0 aliphatic rings. The summed E-state index contributed by atoms with van der Waals surface area (Å²) in [6.45, 7) is 9.21. The van der Waals surface area contributed by atoms with Crippen molar-refractivity contribution in [1.82, 2.24) is 0 Å². The number of anilines is 2. The molecule has 0 heterocycles. The fourth-order valence-corrected chi connectivity index (χ4v) is 2.36. The third kappa shape index (κ3) is 8.03. The van der Waals surface area contributed by atoms with Gasteiger partial charge >= 0.3 is 0 Å². The van der Waals surface area contributed by atoms with E-state index in [2.05, 4.69) is 24.5 Å². The Morgan fingerprint density at radius 3 is 2.07 bits per heavy atom. The Kier molecular flexibility index (Phi) is 7.99. The van der Waals surface area contributed by atoms with E-state index in [1.807, 2.05) is 62.4 Å². The summed E-state index contributed by atoms with van der Waals surface area (Å²) in [4.78, 5) is 12.1. The Labute approximate surface area is 162 Å². The van der Waals surface area contributed by atoms with Crippen LogP contribution in [0.3, 0.4) is 0 Å². The van der Waals surface area contributed by atoms with Gasteiger partial charge in [-0.2, -0.15) is 0 Å². The number of benzene rings is 2. The van der Waals surface area contributed by atoms with E-state index in [9.17, 15) is 4.79 Å². The lowest BCUT2D eigenvalue weighted by molar-refractivity contribution is -0.114. The molecule has 5 heteroatoms. The average molecular weight is 370 g/mol. The van der Waals surface area contributed by atoms with Crippen LogP contribution in [0.2, 0.25) is 0 Å². The van der Waals surface area contributed by atoms with Gasteiger partial charge in [-0.3, -0.25) is 4.79 Å². The monoisotopic (exact) mass is 370 g/mol. The molecule has 0 aliphatic carbocycles. The summed E-state index contributed by atoms with van der Waals surface area (Å²) in [5.41, 5.74) is 1.62. The molecule has 0 fully saturated rings. The molecule has 2 aromatic rings. The van der Waals surface area contributed by atoms with Crippen molar-refractivity contribution in [2.75, 3.05) is 23.8 Å². The molecule has 0 aromatic heterocycles. The van der Waals surface area contributed by atoms with Crippen LogP contribution in [0, 0.1) is 5.92 Å². The first-order chi connectivity index (χ1) is 12.9. The number of carbonyl (C=O) groups excluding carboxylic acids is 1. The number of carbonyl (C=O) groups is 1. The van der Waals surface area contributed by atoms with E-state index in [1.165, 1.54) is 0 Å². The maximum Gasteiger partial charge on any atom is 0.243 e. The molecule has 1 amide bonds. The van der Waals surface area contributed by atoms with E-state index < -0.39 is 0 Å². The van der Waals surface area contributed by atoms with E-state index in [-0.39, 0.29) is 18.6 Å². The van der Waals surface area contributed by atoms with Crippen molar-refractivity contribution in [2.24, 2.45) is 5.92 Å². The molecule has 0 saturated heterocycles. The number of nitrogens with one attached hydrogen (secondary N) is 2. The third-order valence-electron chi connectivity index (χ3n) is 3.78. The second kappa shape index (κ2) is 10.5. The van der Waals surface area contributed by atoms with Crippen LogP contribution in [0.1, 0.15) is 34.1 Å². The first kappa shape index (κ1) is 20.6. The normalized spacial score (nSPS) is 10.7. The second-order valence-electron chi connectivity index (χ2n) is 7.15. The van der Waals surface area contributed by atoms with Crippen LogP contribution in [-0.4, -0.2) is 25.2 Å². The van der Waals surface area contributed by atoms with E-state index in [1.54, 1.807) is 0 Å². The highest BCUT2D eigenvalue weighted by Crippen LogP contribution is 2.18. The van der Waals surface area contributed by atoms with Crippen LogP contribution >= 0.6 is 0 Å². The molecule has 2 rings (SSSR count). The lowest BCUT2D eigenvalue weighted by Crippen LogP contribution is -2.21. The van der Waals surface area contributed by atoms with Crippen LogP contribution in [0.4, 0.5) is 11.4 Å². The van der Waals surface area contributed by atoms with Gasteiger partial charge in [-0.25, -0.2) is 0 Å². The highest BCUT2D eigenvalue weighted by atomic mass is 16.5. The fourth-order valence-electron chi connectivity index (χ4n) is 2.36. The van der Waals surface area contributed by atoms with Crippen LogP contribution in [0.15, 0.2) is 48.5 Å². The molecular weight excluding hydrogens is 340 g/mol. The van der Waals surface area contributed by atoms with Gasteiger partial charge in [0, 0.05) is 11.4 Å². The first-order valence-corrected chi connectivity index (χ1v) is 9.45. The highest BCUT2D eigenvalue weighted by molar-refractivity contribution is 5.93. The van der Waals surface area contributed by atoms with Gasteiger partial charge in [0.2, 0.25) is 5.91 Å². The highest BCUT2D eigenvalue weighted by Gasteiger charge is 2.04. The second-order valence-corrected chi connectivity index (χ2v) is 7.15. The minimum absolute atomic E-state index is 0.106. The third-order valence-corrected chi connectivity index (χ3v) is 3.78. The number of amides is 1. The number of rotatable bonds is 10.